The summed E-state index contributed by atoms with van der Waals surface area (Å²) < 4.78 is 32.9. The lowest BCUT2D eigenvalue weighted by Crippen LogP contribution is -2.27. The molecule has 1 N–H and O–H groups in total. The predicted octanol–water partition coefficient (Wildman–Crippen LogP) is 5.13. The highest BCUT2D eigenvalue weighted by atomic mass is 19.1. The highest BCUT2D eigenvalue weighted by Crippen LogP contribution is 2.45. The van der Waals surface area contributed by atoms with Gasteiger partial charge in [-0.3, -0.25) is 4.79 Å². The number of carboxylic acid groups (broad SMARTS) is 1. The minimum Gasteiger partial charge on any atom is -0.492 e. The number of carboxylic acids is 1. The molecule has 1 aromatic heterocycles. The van der Waals surface area contributed by atoms with Gasteiger partial charge in [0.05, 0.1) is 19.6 Å². The predicted molar refractivity (Wildman–Crippen MR) is 136 cm³/mol. The van der Waals surface area contributed by atoms with Gasteiger partial charge in [0.15, 0.2) is 0 Å². The van der Waals surface area contributed by atoms with E-state index in [1.165, 1.54) is 6.07 Å². The maximum absolute atomic E-state index is 15.2. The quantitative estimate of drug-likeness (QED) is 0.498. The van der Waals surface area contributed by atoms with Crippen LogP contribution < -0.4 is 14.4 Å². The summed E-state index contributed by atoms with van der Waals surface area (Å²) in [5, 5.41) is 9.14. The Bertz CT molecular complexity index is 1320. The molecule has 3 heterocycles. The molecule has 2 atom stereocenters. The number of carbonyl (C=O) groups is 1. The number of nitrogens with zero attached hydrogens (tertiary/aromatic N) is 2. The molecule has 0 bridgehead atoms. The molecule has 3 aromatic rings. The third kappa shape index (κ3) is 4.62. The van der Waals surface area contributed by atoms with E-state index in [0.29, 0.717) is 43.1 Å². The lowest BCUT2D eigenvalue weighted by Gasteiger charge is -2.24. The highest BCUT2D eigenvalue weighted by molar-refractivity contribution is 5.79. The molecule has 0 amide bonds. The van der Waals surface area contributed by atoms with Crippen LogP contribution in [0.3, 0.4) is 0 Å². The van der Waals surface area contributed by atoms with Crippen molar-refractivity contribution in [2.75, 3.05) is 37.8 Å². The number of aromatic nitrogens is 1. The molecule has 2 aliphatic heterocycles. The number of rotatable bonds is 6. The van der Waals surface area contributed by atoms with Crippen molar-refractivity contribution in [3.05, 3.63) is 71.2 Å². The first-order valence-corrected chi connectivity index (χ1v) is 12.8. The van der Waals surface area contributed by atoms with Crippen molar-refractivity contribution in [3.63, 3.8) is 0 Å². The zero-order valence-corrected chi connectivity index (χ0v) is 20.5. The van der Waals surface area contributed by atoms with E-state index in [0.717, 1.165) is 54.2 Å². The molecule has 2 unspecified atom stereocenters. The van der Waals surface area contributed by atoms with Crippen LogP contribution >= 0.6 is 0 Å². The fraction of sp³-hybridized carbons (Fsp3) is 0.379. The van der Waals surface area contributed by atoms with Crippen LogP contribution in [0.15, 0.2) is 48.7 Å². The number of hydrogen-bond donors (Lipinski definition) is 1. The molecule has 3 aliphatic rings. The van der Waals surface area contributed by atoms with Crippen LogP contribution in [-0.2, 0) is 16.0 Å². The van der Waals surface area contributed by atoms with E-state index in [2.05, 4.69) is 11.0 Å². The van der Waals surface area contributed by atoms with Crippen LogP contribution in [0.2, 0.25) is 0 Å². The van der Waals surface area contributed by atoms with Gasteiger partial charge in [0.2, 0.25) is 0 Å². The monoisotopic (exact) mass is 504 g/mol. The van der Waals surface area contributed by atoms with Crippen molar-refractivity contribution < 1.29 is 28.5 Å². The Kier molecular flexibility index (Phi) is 6.42. The summed E-state index contributed by atoms with van der Waals surface area (Å²) in [5.41, 5.74) is 4.42. The van der Waals surface area contributed by atoms with Gasteiger partial charge in [-0.2, -0.15) is 0 Å². The van der Waals surface area contributed by atoms with E-state index in [-0.39, 0.29) is 18.2 Å². The maximum atomic E-state index is 15.2. The Morgan fingerprint density at radius 2 is 2.08 bits per heavy atom. The number of aliphatic carboxylic acids is 1. The van der Waals surface area contributed by atoms with Crippen molar-refractivity contribution in [1.82, 2.24) is 4.98 Å². The fourth-order valence-electron chi connectivity index (χ4n) is 5.73. The number of hydrogen-bond acceptors (Lipinski definition) is 6. The van der Waals surface area contributed by atoms with Crippen LogP contribution in [0.25, 0.3) is 11.1 Å². The number of anilines is 1. The molecule has 7 nitrogen and oxygen atoms in total. The Morgan fingerprint density at radius 3 is 2.97 bits per heavy atom. The van der Waals surface area contributed by atoms with Crippen molar-refractivity contribution in [3.8, 4) is 22.6 Å². The second-order valence-electron chi connectivity index (χ2n) is 9.77. The van der Waals surface area contributed by atoms with Gasteiger partial charge >= 0.3 is 5.97 Å². The third-order valence-corrected chi connectivity index (χ3v) is 7.45. The first-order valence-electron chi connectivity index (χ1n) is 12.8. The molecule has 0 radical (unpaired) electrons. The van der Waals surface area contributed by atoms with Gasteiger partial charge in [-0.25, -0.2) is 9.37 Å². The van der Waals surface area contributed by atoms with Gasteiger partial charge < -0.3 is 24.2 Å². The second-order valence-corrected chi connectivity index (χ2v) is 9.77. The Labute approximate surface area is 214 Å². The standard InChI is InChI=1S/C29H29FN2O5/c30-24-8-6-21(23-3-1-10-31-29(23)32-11-2-13-35-14-12-32)22-7-9-25(28(22)24)37-19-4-5-20-18(15-27(33)34)17-36-26(20)16-19/h1,3-6,8,10,16,18,25H,2,7,9,11-15,17H2,(H,33,34). The summed E-state index contributed by atoms with van der Waals surface area (Å²) in [4.78, 5) is 18.1. The van der Waals surface area contributed by atoms with Gasteiger partial charge in [-0.15, -0.1) is 0 Å². The molecule has 0 spiro atoms. The number of ether oxygens (including phenoxy) is 3. The number of halogens is 1. The van der Waals surface area contributed by atoms with E-state index in [1.807, 2.05) is 24.3 Å². The van der Waals surface area contributed by atoms with E-state index in [9.17, 15) is 4.79 Å². The molecular weight excluding hydrogens is 475 g/mol. The van der Waals surface area contributed by atoms with Crippen molar-refractivity contribution in [1.29, 1.82) is 0 Å². The van der Waals surface area contributed by atoms with Gasteiger partial charge in [-0.05, 0) is 54.7 Å². The second kappa shape index (κ2) is 10.0. The smallest absolute Gasteiger partial charge is 0.304 e. The molecule has 8 heteroatoms. The average molecular weight is 505 g/mol. The van der Waals surface area contributed by atoms with E-state index in [1.54, 1.807) is 12.3 Å². The zero-order chi connectivity index (χ0) is 25.4. The molecule has 37 heavy (non-hydrogen) atoms. The molecule has 1 fully saturated rings. The van der Waals surface area contributed by atoms with E-state index in [4.69, 9.17) is 24.3 Å². The average Bonchev–Trinajstić information content (AvgIpc) is 3.38. The van der Waals surface area contributed by atoms with Crippen LogP contribution in [0.1, 0.15) is 48.0 Å². The lowest BCUT2D eigenvalue weighted by molar-refractivity contribution is -0.137. The first-order chi connectivity index (χ1) is 18.1. The summed E-state index contributed by atoms with van der Waals surface area (Å²) >= 11 is 0. The molecular formula is C29H29FN2O5. The number of pyridine rings is 1. The summed E-state index contributed by atoms with van der Waals surface area (Å²) in [6.07, 6.45) is 3.71. The minimum absolute atomic E-state index is 0.0258. The van der Waals surface area contributed by atoms with Gasteiger partial charge in [0.1, 0.15) is 29.2 Å². The molecule has 192 valence electrons. The van der Waals surface area contributed by atoms with Gasteiger partial charge in [0, 0.05) is 54.6 Å². The van der Waals surface area contributed by atoms with Crippen molar-refractivity contribution in [2.24, 2.45) is 0 Å². The molecule has 0 saturated carbocycles. The normalized spacial score (nSPS) is 20.6. The summed E-state index contributed by atoms with van der Waals surface area (Å²) in [6, 6.07) is 12.8. The molecule has 1 saturated heterocycles. The Balaban J connectivity index is 1.29. The largest absolute Gasteiger partial charge is 0.492 e. The summed E-state index contributed by atoms with van der Waals surface area (Å²) in [6.45, 7) is 3.39. The summed E-state index contributed by atoms with van der Waals surface area (Å²) in [7, 11) is 0. The molecule has 6 rings (SSSR count). The fourth-order valence-corrected chi connectivity index (χ4v) is 5.73. The number of benzene rings is 2. The Hall–Kier alpha value is -3.65. The van der Waals surface area contributed by atoms with Crippen LogP contribution in [-0.4, -0.2) is 49.0 Å². The van der Waals surface area contributed by atoms with Crippen LogP contribution in [0.5, 0.6) is 11.5 Å². The third-order valence-electron chi connectivity index (χ3n) is 7.45. The topological polar surface area (TPSA) is 81.1 Å². The van der Waals surface area contributed by atoms with Crippen molar-refractivity contribution >= 4 is 11.8 Å². The SMILES string of the molecule is O=C(O)CC1COc2cc(OC3CCc4c(-c5cccnc5N5CCCOCC5)ccc(F)c43)ccc21. The maximum Gasteiger partial charge on any atom is 0.304 e. The Morgan fingerprint density at radius 1 is 1.16 bits per heavy atom. The lowest BCUT2D eigenvalue weighted by atomic mass is 9.96. The first kappa shape index (κ1) is 23.7. The summed E-state index contributed by atoms with van der Waals surface area (Å²) in [5.74, 6) is 0.836. The van der Waals surface area contributed by atoms with Crippen LogP contribution in [0, 0.1) is 5.82 Å². The van der Waals surface area contributed by atoms with E-state index < -0.39 is 12.1 Å². The van der Waals surface area contributed by atoms with Crippen LogP contribution in [0.4, 0.5) is 10.2 Å². The van der Waals surface area contributed by atoms with E-state index >= 15 is 4.39 Å². The molecule has 2 aromatic carbocycles. The number of fused-ring (bicyclic) bond motifs is 2. The van der Waals surface area contributed by atoms with Crippen molar-refractivity contribution in [2.45, 2.75) is 37.7 Å². The minimum atomic E-state index is -0.850. The van der Waals surface area contributed by atoms with Gasteiger partial charge in [0.25, 0.3) is 0 Å². The molecule has 1 aliphatic carbocycles. The highest BCUT2D eigenvalue weighted by Gasteiger charge is 2.32. The van der Waals surface area contributed by atoms with Gasteiger partial charge in [-0.1, -0.05) is 12.1 Å². The zero-order valence-electron chi connectivity index (χ0n) is 20.5.